The van der Waals surface area contributed by atoms with Crippen molar-refractivity contribution in [3.05, 3.63) is 17.0 Å². The molecule has 1 aromatic heterocycles. The normalized spacial score (nSPS) is 12.1. The molecule has 0 saturated carbocycles. The average molecular weight is 247 g/mol. The van der Waals surface area contributed by atoms with Crippen molar-refractivity contribution in [2.24, 2.45) is 11.7 Å². The first-order valence-corrected chi connectivity index (χ1v) is 5.71. The van der Waals surface area contributed by atoms with Gasteiger partial charge in [0.05, 0.1) is 5.56 Å². The number of nitrogens with two attached hydrogens (primary N) is 1. The van der Waals surface area contributed by atoms with Gasteiger partial charge in [0.15, 0.2) is 0 Å². The SMILES string of the molecule is CC(CCl)C(=O)Nc1sccc1C(N)=O. The van der Waals surface area contributed by atoms with E-state index in [4.69, 9.17) is 17.3 Å². The van der Waals surface area contributed by atoms with Crippen LogP contribution in [0.3, 0.4) is 0 Å². The monoisotopic (exact) mass is 246 g/mol. The molecule has 1 atom stereocenters. The van der Waals surface area contributed by atoms with Crippen molar-refractivity contribution >= 4 is 39.8 Å². The van der Waals surface area contributed by atoms with E-state index in [1.54, 1.807) is 18.4 Å². The summed E-state index contributed by atoms with van der Waals surface area (Å²) in [4.78, 5) is 22.4. The summed E-state index contributed by atoms with van der Waals surface area (Å²) in [5, 5.41) is 4.79. The number of thiophene rings is 1. The van der Waals surface area contributed by atoms with Crippen LogP contribution in [0.15, 0.2) is 11.4 Å². The van der Waals surface area contributed by atoms with Gasteiger partial charge in [0.25, 0.3) is 5.91 Å². The van der Waals surface area contributed by atoms with Gasteiger partial charge in [-0.25, -0.2) is 0 Å². The highest BCUT2D eigenvalue weighted by Gasteiger charge is 2.16. The number of rotatable bonds is 4. The van der Waals surface area contributed by atoms with Crippen molar-refractivity contribution in [3.8, 4) is 0 Å². The van der Waals surface area contributed by atoms with Gasteiger partial charge in [-0.3, -0.25) is 9.59 Å². The molecule has 0 aromatic carbocycles. The molecule has 1 heterocycles. The maximum Gasteiger partial charge on any atom is 0.251 e. The Labute approximate surface area is 96.4 Å². The Morgan fingerprint density at radius 2 is 2.33 bits per heavy atom. The minimum absolute atomic E-state index is 0.213. The molecule has 0 aliphatic carbocycles. The average Bonchev–Trinajstić information content (AvgIpc) is 2.64. The van der Waals surface area contributed by atoms with Gasteiger partial charge in [-0.2, -0.15) is 0 Å². The molecule has 0 fully saturated rings. The highest BCUT2D eigenvalue weighted by molar-refractivity contribution is 7.14. The van der Waals surface area contributed by atoms with Crippen LogP contribution in [-0.2, 0) is 4.79 Å². The second-order valence-electron chi connectivity index (χ2n) is 3.07. The molecule has 0 aliphatic heterocycles. The van der Waals surface area contributed by atoms with Crippen molar-refractivity contribution in [2.75, 3.05) is 11.2 Å². The van der Waals surface area contributed by atoms with Crippen LogP contribution in [0.2, 0.25) is 0 Å². The molecular weight excluding hydrogens is 236 g/mol. The van der Waals surface area contributed by atoms with E-state index < -0.39 is 5.91 Å². The quantitative estimate of drug-likeness (QED) is 0.793. The van der Waals surface area contributed by atoms with Gasteiger partial charge in [-0.1, -0.05) is 6.92 Å². The standard InChI is InChI=1S/C9H11ClN2O2S/c1-5(4-10)8(14)12-9-6(7(11)13)2-3-15-9/h2-3,5H,4H2,1H3,(H2,11,13)(H,12,14). The Morgan fingerprint density at radius 3 is 2.87 bits per heavy atom. The minimum atomic E-state index is -0.551. The number of nitrogens with one attached hydrogen (secondary N) is 1. The fourth-order valence-electron chi connectivity index (χ4n) is 0.905. The van der Waals surface area contributed by atoms with Crippen LogP contribution in [0, 0.1) is 5.92 Å². The fourth-order valence-corrected chi connectivity index (χ4v) is 1.84. The van der Waals surface area contributed by atoms with Crippen LogP contribution in [0.25, 0.3) is 0 Å². The molecule has 15 heavy (non-hydrogen) atoms. The largest absolute Gasteiger partial charge is 0.366 e. The Bertz CT molecular complexity index is 378. The van der Waals surface area contributed by atoms with Crippen molar-refractivity contribution in [1.29, 1.82) is 0 Å². The Kier molecular flexibility index (Phi) is 4.11. The van der Waals surface area contributed by atoms with E-state index in [-0.39, 0.29) is 17.7 Å². The zero-order valence-electron chi connectivity index (χ0n) is 8.12. The van der Waals surface area contributed by atoms with Gasteiger partial charge in [0.1, 0.15) is 5.00 Å². The number of alkyl halides is 1. The summed E-state index contributed by atoms with van der Waals surface area (Å²) in [6.07, 6.45) is 0. The van der Waals surface area contributed by atoms with E-state index in [9.17, 15) is 9.59 Å². The van der Waals surface area contributed by atoms with Crippen LogP contribution in [0.5, 0.6) is 0 Å². The third-order valence-electron chi connectivity index (χ3n) is 1.85. The van der Waals surface area contributed by atoms with E-state index in [1.165, 1.54) is 11.3 Å². The van der Waals surface area contributed by atoms with Gasteiger partial charge >= 0.3 is 0 Å². The lowest BCUT2D eigenvalue weighted by Gasteiger charge is -2.08. The number of halogens is 1. The molecule has 2 amide bonds. The summed E-state index contributed by atoms with van der Waals surface area (Å²) in [6, 6.07) is 1.58. The highest BCUT2D eigenvalue weighted by atomic mass is 35.5. The maximum absolute atomic E-state index is 11.5. The van der Waals surface area contributed by atoms with Crippen LogP contribution in [0.1, 0.15) is 17.3 Å². The fraction of sp³-hybridized carbons (Fsp3) is 0.333. The number of carbonyl (C=O) groups excluding carboxylic acids is 2. The number of primary amides is 1. The molecule has 0 spiro atoms. The number of carbonyl (C=O) groups is 2. The Balaban J connectivity index is 2.76. The van der Waals surface area contributed by atoms with E-state index in [1.807, 2.05) is 0 Å². The third-order valence-corrected chi connectivity index (χ3v) is 3.14. The summed E-state index contributed by atoms with van der Waals surface area (Å²) in [5.74, 6) is -0.821. The van der Waals surface area contributed by atoms with Crippen molar-refractivity contribution < 1.29 is 9.59 Å². The molecule has 0 radical (unpaired) electrons. The minimum Gasteiger partial charge on any atom is -0.366 e. The molecule has 1 unspecified atom stereocenters. The smallest absolute Gasteiger partial charge is 0.251 e. The predicted octanol–water partition coefficient (Wildman–Crippen LogP) is 1.66. The first kappa shape index (κ1) is 12.0. The second kappa shape index (κ2) is 5.14. The van der Waals surface area contributed by atoms with E-state index >= 15 is 0 Å². The van der Waals surface area contributed by atoms with Gasteiger partial charge < -0.3 is 11.1 Å². The first-order valence-electron chi connectivity index (χ1n) is 4.30. The van der Waals surface area contributed by atoms with Crippen molar-refractivity contribution in [2.45, 2.75) is 6.92 Å². The van der Waals surface area contributed by atoms with E-state index in [2.05, 4.69) is 5.32 Å². The van der Waals surface area contributed by atoms with Gasteiger partial charge in [0, 0.05) is 11.8 Å². The molecule has 3 N–H and O–H groups in total. The van der Waals surface area contributed by atoms with E-state index in [0.29, 0.717) is 10.6 Å². The first-order chi connectivity index (χ1) is 7.06. The lowest BCUT2D eigenvalue weighted by Crippen LogP contribution is -2.22. The zero-order valence-corrected chi connectivity index (χ0v) is 9.69. The van der Waals surface area contributed by atoms with Gasteiger partial charge in [0.2, 0.25) is 5.91 Å². The molecule has 6 heteroatoms. The Hall–Kier alpha value is -1.07. The van der Waals surface area contributed by atoms with Gasteiger partial charge in [-0.05, 0) is 11.4 Å². The number of hydrogen-bond donors (Lipinski definition) is 2. The zero-order chi connectivity index (χ0) is 11.4. The summed E-state index contributed by atoms with van der Waals surface area (Å²) in [6.45, 7) is 1.71. The third kappa shape index (κ3) is 2.94. The summed E-state index contributed by atoms with van der Waals surface area (Å²) < 4.78 is 0. The molecule has 0 bridgehead atoms. The summed E-state index contributed by atoms with van der Waals surface area (Å²) in [7, 11) is 0. The van der Waals surface area contributed by atoms with Crippen molar-refractivity contribution in [3.63, 3.8) is 0 Å². The lowest BCUT2D eigenvalue weighted by molar-refractivity contribution is -0.118. The molecule has 82 valence electrons. The van der Waals surface area contributed by atoms with Crippen molar-refractivity contribution in [1.82, 2.24) is 0 Å². The summed E-state index contributed by atoms with van der Waals surface area (Å²) in [5.41, 5.74) is 5.46. The van der Waals surface area contributed by atoms with Crippen LogP contribution >= 0.6 is 22.9 Å². The predicted molar refractivity (Wildman–Crippen MR) is 61.4 cm³/mol. The lowest BCUT2D eigenvalue weighted by atomic mass is 10.2. The number of anilines is 1. The molecule has 0 saturated heterocycles. The molecule has 4 nitrogen and oxygen atoms in total. The molecular formula is C9H11ClN2O2S. The summed E-state index contributed by atoms with van der Waals surface area (Å²) >= 11 is 6.80. The van der Waals surface area contributed by atoms with Crippen LogP contribution in [0.4, 0.5) is 5.00 Å². The van der Waals surface area contributed by atoms with Crippen LogP contribution < -0.4 is 11.1 Å². The number of hydrogen-bond acceptors (Lipinski definition) is 3. The second-order valence-corrected chi connectivity index (χ2v) is 4.30. The molecule has 1 aromatic rings. The van der Waals surface area contributed by atoms with E-state index in [0.717, 1.165) is 0 Å². The Morgan fingerprint density at radius 1 is 1.67 bits per heavy atom. The van der Waals surface area contributed by atoms with Gasteiger partial charge in [-0.15, -0.1) is 22.9 Å². The highest BCUT2D eigenvalue weighted by Crippen LogP contribution is 2.23. The molecule has 0 aliphatic rings. The molecule has 1 rings (SSSR count). The maximum atomic E-state index is 11.5. The van der Waals surface area contributed by atoms with Crippen LogP contribution in [-0.4, -0.2) is 17.7 Å². The topological polar surface area (TPSA) is 72.2 Å². The number of amides is 2.